The van der Waals surface area contributed by atoms with Gasteiger partial charge in [0.25, 0.3) is 0 Å². The second-order valence-corrected chi connectivity index (χ2v) is 3.24. The first-order valence-corrected chi connectivity index (χ1v) is 4.18. The second kappa shape index (κ2) is 4.70. The Balaban J connectivity index is 2.20. The maximum absolute atomic E-state index is 5.58. The summed E-state index contributed by atoms with van der Waals surface area (Å²) in [5.74, 6) is 0. The molecule has 1 aliphatic heterocycles. The Hall–Kier alpha value is -0.120. The van der Waals surface area contributed by atoms with E-state index >= 15 is 0 Å². The van der Waals surface area contributed by atoms with Crippen molar-refractivity contribution in [3.8, 4) is 0 Å². The third-order valence-electron chi connectivity index (χ3n) is 1.72. The lowest BCUT2D eigenvalue weighted by Gasteiger charge is -2.18. The molecular formula is C8H17N2O. The Morgan fingerprint density at radius 3 is 3.09 bits per heavy atom. The van der Waals surface area contributed by atoms with Crippen LogP contribution in [0.5, 0.6) is 0 Å². The molecule has 1 radical (unpaired) electrons. The topological polar surface area (TPSA) is 26.6 Å². The van der Waals surface area contributed by atoms with Crippen LogP contribution in [0.3, 0.4) is 0 Å². The van der Waals surface area contributed by atoms with Crippen LogP contribution in [0.15, 0.2) is 0 Å². The molecule has 0 aliphatic carbocycles. The summed E-state index contributed by atoms with van der Waals surface area (Å²) in [6, 6.07) is 0. The van der Waals surface area contributed by atoms with E-state index in [1.165, 1.54) is 0 Å². The fraction of sp³-hybridized carbons (Fsp3) is 1.00. The molecule has 0 aromatic rings. The van der Waals surface area contributed by atoms with Gasteiger partial charge in [-0.1, -0.05) is 0 Å². The Labute approximate surface area is 68.7 Å². The largest absolute Gasteiger partial charge is 0.375 e. The van der Waals surface area contributed by atoms with E-state index in [2.05, 4.69) is 24.3 Å². The van der Waals surface area contributed by atoms with Crippen LogP contribution < -0.4 is 5.32 Å². The fourth-order valence-corrected chi connectivity index (χ4v) is 1.23. The van der Waals surface area contributed by atoms with Crippen LogP contribution in [0.4, 0.5) is 0 Å². The van der Waals surface area contributed by atoms with Gasteiger partial charge in [0, 0.05) is 26.2 Å². The molecule has 1 unspecified atom stereocenters. The molecular weight excluding hydrogens is 140 g/mol. The van der Waals surface area contributed by atoms with Gasteiger partial charge in [0.15, 0.2) is 0 Å². The van der Waals surface area contributed by atoms with Crippen molar-refractivity contribution in [2.24, 2.45) is 0 Å². The maximum atomic E-state index is 5.58. The second-order valence-electron chi connectivity index (χ2n) is 3.24. The maximum Gasteiger partial charge on any atom is 0.0842 e. The molecule has 1 rings (SSSR count). The summed E-state index contributed by atoms with van der Waals surface area (Å²) in [6.07, 6.45) is 1.41. The first kappa shape index (κ1) is 8.97. The number of nitrogens with zero attached hydrogens (tertiary/aromatic N) is 2. The third kappa shape index (κ3) is 3.70. The van der Waals surface area contributed by atoms with E-state index in [0.29, 0.717) is 6.10 Å². The standard InChI is InChI=1S/C8H17N2O/c1-10(2)7-8-6-9-4-3-5-11-8/h8H,3-7H2,1-2H3. The van der Waals surface area contributed by atoms with E-state index in [9.17, 15) is 0 Å². The minimum Gasteiger partial charge on any atom is -0.375 e. The van der Waals surface area contributed by atoms with Crippen molar-refractivity contribution < 1.29 is 4.74 Å². The molecule has 65 valence electrons. The van der Waals surface area contributed by atoms with Crippen LogP contribution in [-0.2, 0) is 4.74 Å². The average Bonchev–Trinajstić information content (AvgIpc) is 2.14. The van der Waals surface area contributed by atoms with Crippen molar-refractivity contribution in [3.63, 3.8) is 0 Å². The van der Waals surface area contributed by atoms with Crippen molar-refractivity contribution in [2.45, 2.75) is 12.5 Å². The van der Waals surface area contributed by atoms with E-state index in [1.54, 1.807) is 0 Å². The Bertz CT molecular complexity index is 98.3. The average molecular weight is 157 g/mol. The van der Waals surface area contributed by atoms with Crippen LogP contribution in [0.25, 0.3) is 0 Å². The third-order valence-corrected chi connectivity index (χ3v) is 1.72. The van der Waals surface area contributed by atoms with Gasteiger partial charge in [-0.2, -0.15) is 0 Å². The highest BCUT2D eigenvalue weighted by atomic mass is 16.5. The smallest absolute Gasteiger partial charge is 0.0842 e. The Morgan fingerprint density at radius 1 is 1.55 bits per heavy atom. The van der Waals surface area contributed by atoms with E-state index < -0.39 is 0 Å². The van der Waals surface area contributed by atoms with E-state index in [0.717, 1.165) is 32.7 Å². The SMILES string of the molecule is CN(C)CC1C[N]CCCO1. The first-order valence-electron chi connectivity index (χ1n) is 4.18. The molecule has 1 saturated heterocycles. The van der Waals surface area contributed by atoms with Gasteiger partial charge in [-0.25, -0.2) is 5.32 Å². The number of hydrogen-bond acceptors (Lipinski definition) is 2. The molecule has 3 nitrogen and oxygen atoms in total. The van der Waals surface area contributed by atoms with Crippen molar-refractivity contribution in [2.75, 3.05) is 40.3 Å². The fourth-order valence-electron chi connectivity index (χ4n) is 1.23. The molecule has 1 atom stereocenters. The molecule has 0 aromatic heterocycles. The molecule has 0 N–H and O–H groups in total. The summed E-state index contributed by atoms with van der Waals surface area (Å²) < 4.78 is 5.58. The van der Waals surface area contributed by atoms with Gasteiger partial charge in [0.05, 0.1) is 6.10 Å². The molecule has 0 saturated carbocycles. The predicted octanol–water partition coefficient (Wildman–Crippen LogP) is -0.0587. The number of hydrogen-bond donors (Lipinski definition) is 0. The van der Waals surface area contributed by atoms with Crippen LogP contribution >= 0.6 is 0 Å². The highest BCUT2D eigenvalue weighted by Crippen LogP contribution is 1.99. The molecule has 11 heavy (non-hydrogen) atoms. The van der Waals surface area contributed by atoms with Crippen LogP contribution in [-0.4, -0.2) is 51.3 Å². The van der Waals surface area contributed by atoms with Crippen molar-refractivity contribution in [3.05, 3.63) is 0 Å². The predicted molar refractivity (Wildman–Crippen MR) is 44.8 cm³/mol. The first-order chi connectivity index (χ1) is 5.29. The summed E-state index contributed by atoms with van der Waals surface area (Å²) in [7, 11) is 4.13. The Morgan fingerprint density at radius 2 is 2.36 bits per heavy atom. The minimum absolute atomic E-state index is 0.326. The van der Waals surface area contributed by atoms with Gasteiger partial charge in [0.2, 0.25) is 0 Å². The summed E-state index contributed by atoms with van der Waals surface area (Å²) in [6.45, 7) is 3.72. The van der Waals surface area contributed by atoms with Gasteiger partial charge < -0.3 is 9.64 Å². The van der Waals surface area contributed by atoms with E-state index in [-0.39, 0.29) is 0 Å². The summed E-state index contributed by atoms with van der Waals surface area (Å²) in [5.41, 5.74) is 0. The van der Waals surface area contributed by atoms with Crippen LogP contribution in [0.1, 0.15) is 6.42 Å². The zero-order valence-electron chi connectivity index (χ0n) is 7.42. The molecule has 0 amide bonds. The van der Waals surface area contributed by atoms with Gasteiger partial charge >= 0.3 is 0 Å². The van der Waals surface area contributed by atoms with Gasteiger partial charge in [-0.3, -0.25) is 0 Å². The monoisotopic (exact) mass is 157 g/mol. The highest BCUT2D eigenvalue weighted by molar-refractivity contribution is 4.67. The molecule has 0 bridgehead atoms. The molecule has 1 aliphatic rings. The summed E-state index contributed by atoms with van der Waals surface area (Å²) >= 11 is 0. The normalized spacial score (nSPS) is 27.0. The van der Waals surface area contributed by atoms with Crippen molar-refractivity contribution in [1.29, 1.82) is 0 Å². The molecule has 1 heterocycles. The lowest BCUT2D eigenvalue weighted by molar-refractivity contribution is 0.0485. The quantitative estimate of drug-likeness (QED) is 0.561. The lowest BCUT2D eigenvalue weighted by Crippen LogP contribution is -2.33. The summed E-state index contributed by atoms with van der Waals surface area (Å²) in [4.78, 5) is 2.14. The lowest BCUT2D eigenvalue weighted by atomic mass is 10.3. The number of rotatable bonds is 2. The molecule has 1 fully saturated rings. The Kier molecular flexibility index (Phi) is 3.83. The number of ether oxygens (including phenoxy) is 1. The van der Waals surface area contributed by atoms with Crippen molar-refractivity contribution >= 4 is 0 Å². The van der Waals surface area contributed by atoms with Gasteiger partial charge in [-0.05, 0) is 20.5 Å². The van der Waals surface area contributed by atoms with Crippen molar-refractivity contribution in [1.82, 2.24) is 10.2 Å². The van der Waals surface area contributed by atoms with Crippen LogP contribution in [0, 0.1) is 0 Å². The summed E-state index contributed by atoms with van der Waals surface area (Å²) in [5, 5.41) is 4.35. The zero-order valence-corrected chi connectivity index (χ0v) is 7.42. The van der Waals surface area contributed by atoms with Crippen LogP contribution in [0.2, 0.25) is 0 Å². The zero-order chi connectivity index (χ0) is 8.10. The molecule has 3 heteroatoms. The molecule has 0 spiro atoms. The highest BCUT2D eigenvalue weighted by Gasteiger charge is 2.12. The molecule has 0 aromatic carbocycles. The van der Waals surface area contributed by atoms with Gasteiger partial charge in [-0.15, -0.1) is 0 Å². The van der Waals surface area contributed by atoms with E-state index in [4.69, 9.17) is 4.74 Å². The minimum atomic E-state index is 0.326. The number of likely N-dealkylation sites (N-methyl/N-ethyl adjacent to an activating group) is 1. The van der Waals surface area contributed by atoms with E-state index in [1.807, 2.05) is 0 Å². The van der Waals surface area contributed by atoms with Gasteiger partial charge in [0.1, 0.15) is 0 Å².